The fourth-order valence-electron chi connectivity index (χ4n) is 6.96. The third kappa shape index (κ3) is 7.71. The number of nitrogens with one attached hydrogen (secondary N) is 1. The van der Waals surface area contributed by atoms with Crippen LogP contribution in [0.15, 0.2) is 42.6 Å². The third-order valence-corrected chi connectivity index (χ3v) is 9.80. The molecule has 0 radical (unpaired) electrons. The highest BCUT2D eigenvalue weighted by atomic mass is 19.3. The maximum Gasteiger partial charge on any atom is 0.306 e. The predicted molar refractivity (Wildman–Crippen MR) is 166 cm³/mol. The minimum absolute atomic E-state index is 0.0224. The second-order valence-corrected chi connectivity index (χ2v) is 13.3. The molecule has 3 atom stereocenters. The van der Waals surface area contributed by atoms with E-state index in [0.717, 1.165) is 61.5 Å². The van der Waals surface area contributed by atoms with Crippen LogP contribution >= 0.6 is 0 Å². The SMILES string of the molecule is CC(=O)N1CC(C(=O)N[C@@H](CCN2CC3CN(C(=O)c4c(C)ccnc4C)CC3C2)c2ccccc2)C1.O=C(O)C1CC(F)(F)C1. The lowest BCUT2D eigenvalue weighted by molar-refractivity contribution is -0.165. The van der Waals surface area contributed by atoms with Crippen molar-refractivity contribution in [3.8, 4) is 0 Å². The molecule has 248 valence electrons. The Morgan fingerprint density at radius 1 is 0.935 bits per heavy atom. The van der Waals surface area contributed by atoms with Gasteiger partial charge in [-0.2, -0.15) is 0 Å². The van der Waals surface area contributed by atoms with Gasteiger partial charge in [0.1, 0.15) is 0 Å². The fraction of sp³-hybridized carbons (Fsp3) is 0.559. The number of hydrogen-bond acceptors (Lipinski definition) is 6. The topological polar surface area (TPSA) is 123 Å². The molecule has 3 aliphatic heterocycles. The largest absolute Gasteiger partial charge is 0.481 e. The molecule has 0 spiro atoms. The van der Waals surface area contributed by atoms with Crippen molar-refractivity contribution in [3.63, 3.8) is 0 Å². The summed E-state index contributed by atoms with van der Waals surface area (Å²) in [6, 6.07) is 12.0. The van der Waals surface area contributed by atoms with E-state index >= 15 is 0 Å². The van der Waals surface area contributed by atoms with Gasteiger partial charge in [-0.3, -0.25) is 24.2 Å². The number of benzene rings is 1. The van der Waals surface area contributed by atoms with E-state index in [1.54, 1.807) is 18.0 Å². The summed E-state index contributed by atoms with van der Waals surface area (Å²) in [6.45, 7) is 10.9. The van der Waals surface area contributed by atoms with Gasteiger partial charge in [-0.05, 0) is 49.3 Å². The van der Waals surface area contributed by atoms with Crippen LogP contribution in [0.2, 0.25) is 0 Å². The van der Waals surface area contributed by atoms with Gasteiger partial charge >= 0.3 is 5.97 Å². The maximum atomic E-state index is 13.2. The molecule has 4 fully saturated rings. The summed E-state index contributed by atoms with van der Waals surface area (Å²) in [5.41, 5.74) is 3.64. The fourth-order valence-corrected chi connectivity index (χ4v) is 6.96. The lowest BCUT2D eigenvalue weighted by Crippen LogP contribution is -2.55. The Morgan fingerprint density at radius 3 is 2.09 bits per heavy atom. The zero-order valence-electron chi connectivity index (χ0n) is 26.6. The van der Waals surface area contributed by atoms with Gasteiger partial charge in [0.15, 0.2) is 0 Å². The second-order valence-electron chi connectivity index (χ2n) is 13.3. The van der Waals surface area contributed by atoms with Crippen LogP contribution in [-0.2, 0) is 14.4 Å². The number of carbonyl (C=O) groups excluding carboxylic acids is 3. The summed E-state index contributed by atoms with van der Waals surface area (Å²) >= 11 is 0. The molecule has 1 aromatic heterocycles. The average molecular weight is 640 g/mol. The van der Waals surface area contributed by atoms with E-state index in [4.69, 9.17) is 5.11 Å². The van der Waals surface area contributed by atoms with Gasteiger partial charge in [-0.1, -0.05) is 30.3 Å². The van der Waals surface area contributed by atoms with Gasteiger partial charge in [-0.25, -0.2) is 8.78 Å². The normalized spacial score (nSPS) is 23.0. The minimum atomic E-state index is -2.71. The maximum absolute atomic E-state index is 13.2. The van der Waals surface area contributed by atoms with Crippen molar-refractivity contribution in [2.24, 2.45) is 23.7 Å². The van der Waals surface area contributed by atoms with Crippen LogP contribution in [0.25, 0.3) is 0 Å². The molecule has 1 aliphatic carbocycles. The quantitative estimate of drug-likeness (QED) is 0.453. The molecular weight excluding hydrogens is 596 g/mol. The summed E-state index contributed by atoms with van der Waals surface area (Å²) in [4.78, 5) is 58.1. The van der Waals surface area contributed by atoms with Crippen LogP contribution in [0.4, 0.5) is 8.78 Å². The monoisotopic (exact) mass is 639 g/mol. The van der Waals surface area contributed by atoms with E-state index in [-0.39, 0.29) is 29.7 Å². The van der Waals surface area contributed by atoms with E-state index in [2.05, 4.69) is 27.3 Å². The number of aryl methyl sites for hydroxylation is 2. The third-order valence-electron chi connectivity index (χ3n) is 9.80. The molecule has 6 rings (SSSR count). The van der Waals surface area contributed by atoms with E-state index < -0.39 is 30.7 Å². The first-order chi connectivity index (χ1) is 21.8. The number of likely N-dealkylation sites (tertiary alicyclic amines) is 3. The number of amides is 3. The first kappa shape index (κ1) is 33.4. The van der Waals surface area contributed by atoms with Gasteiger partial charge < -0.3 is 25.1 Å². The summed E-state index contributed by atoms with van der Waals surface area (Å²) in [7, 11) is 0. The van der Waals surface area contributed by atoms with Gasteiger partial charge in [0, 0.05) is 71.8 Å². The number of rotatable bonds is 8. The molecule has 3 saturated heterocycles. The Bertz CT molecular complexity index is 1410. The Kier molecular flexibility index (Phi) is 10.0. The predicted octanol–water partition coefficient (Wildman–Crippen LogP) is 3.54. The number of halogens is 2. The molecule has 3 amide bonds. The molecule has 4 heterocycles. The van der Waals surface area contributed by atoms with Gasteiger partial charge in [0.05, 0.1) is 29.1 Å². The van der Waals surface area contributed by atoms with Crippen LogP contribution < -0.4 is 5.32 Å². The van der Waals surface area contributed by atoms with Gasteiger partial charge in [0.25, 0.3) is 5.91 Å². The zero-order chi connectivity index (χ0) is 33.2. The Hall–Kier alpha value is -3.93. The number of carboxylic acid groups (broad SMARTS) is 1. The number of fused-ring (bicyclic) bond motifs is 1. The second kappa shape index (κ2) is 13.8. The van der Waals surface area contributed by atoms with E-state index in [9.17, 15) is 28.0 Å². The van der Waals surface area contributed by atoms with E-state index in [1.165, 1.54) is 0 Å². The van der Waals surface area contributed by atoms with Crippen molar-refractivity contribution < 1.29 is 33.1 Å². The summed E-state index contributed by atoms with van der Waals surface area (Å²) < 4.78 is 23.8. The average Bonchev–Trinajstić information content (AvgIpc) is 3.53. The number of pyridine rings is 1. The number of aromatic nitrogens is 1. The van der Waals surface area contributed by atoms with E-state index in [1.807, 2.05) is 43.0 Å². The van der Waals surface area contributed by atoms with Crippen molar-refractivity contribution in [1.82, 2.24) is 25.0 Å². The van der Waals surface area contributed by atoms with Crippen LogP contribution in [0.5, 0.6) is 0 Å². The smallest absolute Gasteiger partial charge is 0.306 e. The van der Waals surface area contributed by atoms with Crippen LogP contribution in [0.1, 0.15) is 59.4 Å². The first-order valence-corrected chi connectivity index (χ1v) is 16.0. The Morgan fingerprint density at radius 2 is 1.57 bits per heavy atom. The summed E-state index contributed by atoms with van der Waals surface area (Å²) in [6.07, 6.45) is 1.62. The highest BCUT2D eigenvalue weighted by molar-refractivity contribution is 5.96. The lowest BCUT2D eigenvalue weighted by Gasteiger charge is -2.38. The number of carbonyl (C=O) groups is 4. The van der Waals surface area contributed by atoms with Crippen molar-refractivity contribution in [3.05, 3.63) is 65.0 Å². The standard InChI is InChI=1S/C29H37N5O3.C5H6F2O2/c1-19-9-11-30-20(2)27(19)29(37)34-15-23-13-32(14-24(23)16-34)12-10-26(22-7-5-4-6-8-22)31-28(36)25-17-33(18-25)21(3)35;6-5(7)1-3(2-5)4(8)9/h4-9,11,23-26H,10,12-18H2,1-3H3,(H,31,36);3H,1-2H2,(H,8,9)/t23?,24?,26-;/m0./s1. The lowest BCUT2D eigenvalue weighted by atomic mass is 9.82. The van der Waals surface area contributed by atoms with Crippen molar-refractivity contribution >= 4 is 23.7 Å². The number of carboxylic acids is 1. The van der Waals surface area contributed by atoms with Crippen LogP contribution in [-0.4, -0.2) is 100 Å². The molecule has 1 aromatic carbocycles. The first-order valence-electron chi connectivity index (χ1n) is 16.0. The molecule has 12 heteroatoms. The molecular formula is C34H43F2N5O5. The van der Waals surface area contributed by atoms with Crippen molar-refractivity contribution in [2.75, 3.05) is 45.8 Å². The molecule has 2 aromatic rings. The van der Waals surface area contributed by atoms with Crippen LogP contribution in [0, 0.1) is 37.5 Å². The van der Waals surface area contributed by atoms with Gasteiger partial charge in [0.2, 0.25) is 17.7 Å². The number of alkyl halides is 2. The molecule has 4 aliphatic rings. The molecule has 46 heavy (non-hydrogen) atoms. The van der Waals surface area contributed by atoms with Crippen molar-refractivity contribution in [1.29, 1.82) is 0 Å². The molecule has 10 nitrogen and oxygen atoms in total. The van der Waals surface area contributed by atoms with E-state index in [0.29, 0.717) is 24.9 Å². The Balaban J connectivity index is 0.000000400. The number of hydrogen-bond donors (Lipinski definition) is 2. The Labute approximate surface area is 268 Å². The highest BCUT2D eigenvalue weighted by Gasteiger charge is 2.49. The molecule has 2 N–H and O–H groups in total. The van der Waals surface area contributed by atoms with Crippen molar-refractivity contribution in [2.45, 2.75) is 52.0 Å². The molecule has 0 bridgehead atoms. The number of aliphatic carboxylic acids is 1. The molecule has 1 saturated carbocycles. The molecule has 2 unspecified atom stereocenters. The summed E-state index contributed by atoms with van der Waals surface area (Å²) in [5.74, 6) is -3.62. The highest BCUT2D eigenvalue weighted by Crippen LogP contribution is 2.42. The minimum Gasteiger partial charge on any atom is -0.481 e. The van der Waals surface area contributed by atoms with Crippen LogP contribution in [0.3, 0.4) is 0 Å². The summed E-state index contributed by atoms with van der Waals surface area (Å²) in [5, 5.41) is 11.4. The zero-order valence-corrected chi connectivity index (χ0v) is 26.6. The van der Waals surface area contributed by atoms with Gasteiger partial charge in [-0.15, -0.1) is 0 Å². The number of nitrogens with zero attached hydrogens (tertiary/aromatic N) is 4.